The maximum Gasteiger partial charge on any atom is 0.522 e. The van der Waals surface area contributed by atoms with Crippen LogP contribution < -0.4 is 16.0 Å². The number of carbonyl (C=O) groups excluding carboxylic acids is 4. The molecule has 12 heteroatoms. The molecule has 2 rings (SSSR count). The predicted molar refractivity (Wildman–Crippen MR) is 110 cm³/mol. The van der Waals surface area contributed by atoms with Crippen molar-refractivity contribution in [3.05, 3.63) is 0 Å². The number of hydrogen-bond donors (Lipinski definition) is 3. The third kappa shape index (κ3) is 9.28. The second kappa shape index (κ2) is 11.3. The van der Waals surface area contributed by atoms with Crippen LogP contribution in [0.25, 0.3) is 0 Å². The Morgan fingerprint density at radius 2 is 1.85 bits per heavy atom. The molecule has 4 atom stereocenters. The summed E-state index contributed by atoms with van der Waals surface area (Å²) in [5, 5.41) is 7.68. The van der Waals surface area contributed by atoms with Crippen molar-refractivity contribution in [2.45, 2.75) is 77.4 Å². The van der Waals surface area contributed by atoms with Gasteiger partial charge in [0.15, 0.2) is 5.78 Å². The lowest BCUT2D eigenvalue weighted by molar-refractivity contribution is -0.321. The molecule has 2 saturated heterocycles. The van der Waals surface area contributed by atoms with Gasteiger partial charge in [-0.3, -0.25) is 23.9 Å². The fourth-order valence-electron chi connectivity index (χ4n) is 3.82. The standard InChI is InChI=1S/C21H32F3N3O6/c1-20(2,3)10-14(27-19(31)16-5-4-8-32-16)18(30)26-13(9-12-6-7-25-17(12)29)15(28)11-33-21(22,23)24/h12-14,16H,4-11H2,1-3H3,(H,25,29)(H,26,30)(H,27,31)/t12-,13-,14-,16+/m0/s1. The number of Topliss-reactive ketones (excluding diaryl/α,β-unsaturated/α-hetero) is 1. The molecule has 188 valence electrons. The molecule has 0 aromatic carbocycles. The Labute approximate surface area is 190 Å². The fraction of sp³-hybridized carbons (Fsp3) is 0.810. The van der Waals surface area contributed by atoms with Crippen molar-refractivity contribution in [2.75, 3.05) is 19.8 Å². The molecule has 2 heterocycles. The van der Waals surface area contributed by atoms with Gasteiger partial charge < -0.3 is 20.7 Å². The number of nitrogens with one attached hydrogen (secondary N) is 3. The lowest BCUT2D eigenvalue weighted by Crippen LogP contribution is -2.55. The number of carbonyl (C=O) groups is 4. The number of halogens is 3. The van der Waals surface area contributed by atoms with E-state index in [1.807, 2.05) is 20.8 Å². The van der Waals surface area contributed by atoms with Crippen LogP contribution in [0, 0.1) is 11.3 Å². The van der Waals surface area contributed by atoms with E-state index in [2.05, 4.69) is 20.7 Å². The Kier molecular flexibility index (Phi) is 9.24. The van der Waals surface area contributed by atoms with E-state index in [-0.39, 0.29) is 18.7 Å². The Hall–Kier alpha value is -2.21. The van der Waals surface area contributed by atoms with Crippen molar-refractivity contribution in [1.29, 1.82) is 0 Å². The molecule has 0 spiro atoms. The molecule has 0 aromatic rings. The van der Waals surface area contributed by atoms with Gasteiger partial charge in [-0.05, 0) is 37.5 Å². The summed E-state index contributed by atoms with van der Waals surface area (Å²) in [6, 6.07) is -2.42. The maximum atomic E-state index is 13.1. The van der Waals surface area contributed by atoms with Crippen LogP contribution in [0.1, 0.15) is 52.9 Å². The monoisotopic (exact) mass is 479 g/mol. The van der Waals surface area contributed by atoms with Gasteiger partial charge in [-0.25, -0.2) is 0 Å². The van der Waals surface area contributed by atoms with Gasteiger partial charge in [0.2, 0.25) is 17.7 Å². The van der Waals surface area contributed by atoms with Crippen LogP contribution >= 0.6 is 0 Å². The van der Waals surface area contributed by atoms with Gasteiger partial charge in [-0.1, -0.05) is 20.8 Å². The topological polar surface area (TPSA) is 123 Å². The number of alkyl halides is 3. The quantitative estimate of drug-likeness (QED) is 0.433. The normalized spacial score (nSPS) is 23.0. The lowest BCUT2D eigenvalue weighted by atomic mass is 9.87. The van der Waals surface area contributed by atoms with E-state index in [4.69, 9.17) is 4.74 Å². The van der Waals surface area contributed by atoms with Crippen molar-refractivity contribution in [3.63, 3.8) is 0 Å². The van der Waals surface area contributed by atoms with Crippen LogP contribution in [-0.4, -0.2) is 67.8 Å². The summed E-state index contributed by atoms with van der Waals surface area (Å²) in [5.41, 5.74) is -0.393. The largest absolute Gasteiger partial charge is 0.522 e. The zero-order valence-electron chi connectivity index (χ0n) is 19.0. The van der Waals surface area contributed by atoms with E-state index < -0.39 is 60.1 Å². The molecule has 2 fully saturated rings. The van der Waals surface area contributed by atoms with Crippen molar-refractivity contribution < 1.29 is 41.8 Å². The van der Waals surface area contributed by atoms with Crippen LogP contribution in [-0.2, 0) is 28.7 Å². The first-order valence-electron chi connectivity index (χ1n) is 11.0. The first kappa shape index (κ1) is 27.0. The second-order valence-corrected chi connectivity index (χ2v) is 9.60. The Morgan fingerprint density at radius 3 is 2.36 bits per heavy atom. The number of ether oxygens (including phenoxy) is 2. The molecule has 0 aromatic heterocycles. The predicted octanol–water partition coefficient (Wildman–Crippen LogP) is 1.20. The van der Waals surface area contributed by atoms with Crippen molar-refractivity contribution in [3.8, 4) is 0 Å². The summed E-state index contributed by atoms with van der Waals surface area (Å²) >= 11 is 0. The SMILES string of the molecule is CC(C)(C)C[C@H](NC(=O)[C@H]1CCCO1)C(=O)N[C@@H](C[C@@H]1CCNC1=O)C(=O)COC(F)(F)F. The highest BCUT2D eigenvalue weighted by molar-refractivity contribution is 5.94. The van der Waals surface area contributed by atoms with Gasteiger partial charge in [0.05, 0.1) is 6.04 Å². The van der Waals surface area contributed by atoms with Crippen molar-refractivity contribution >= 4 is 23.5 Å². The average Bonchev–Trinajstić information content (AvgIpc) is 3.35. The summed E-state index contributed by atoms with van der Waals surface area (Å²) in [5.74, 6) is -3.17. The molecule has 3 amide bonds. The molecular weight excluding hydrogens is 447 g/mol. The Morgan fingerprint density at radius 1 is 1.15 bits per heavy atom. The summed E-state index contributed by atoms with van der Waals surface area (Å²) in [6.45, 7) is 5.08. The molecule has 9 nitrogen and oxygen atoms in total. The summed E-state index contributed by atoms with van der Waals surface area (Å²) < 4.78 is 46.3. The van der Waals surface area contributed by atoms with Crippen LogP contribution in [0.5, 0.6) is 0 Å². The molecule has 0 unspecified atom stereocenters. The summed E-state index contributed by atoms with van der Waals surface area (Å²) in [7, 11) is 0. The fourth-order valence-corrected chi connectivity index (χ4v) is 3.82. The molecule has 33 heavy (non-hydrogen) atoms. The van der Waals surface area contributed by atoms with E-state index in [0.29, 0.717) is 32.4 Å². The van der Waals surface area contributed by atoms with E-state index >= 15 is 0 Å². The maximum absolute atomic E-state index is 13.1. The van der Waals surface area contributed by atoms with E-state index in [1.165, 1.54) is 0 Å². The first-order chi connectivity index (χ1) is 15.2. The molecule has 2 aliphatic rings. The average molecular weight is 479 g/mol. The summed E-state index contributed by atoms with van der Waals surface area (Å²) in [6.07, 6.45) is -4.03. The van der Waals surface area contributed by atoms with E-state index in [9.17, 15) is 32.3 Å². The van der Waals surface area contributed by atoms with Crippen LogP contribution in [0.3, 0.4) is 0 Å². The lowest BCUT2D eigenvalue weighted by Gasteiger charge is -2.29. The number of amides is 3. The molecule has 0 saturated carbocycles. The van der Waals surface area contributed by atoms with Crippen LogP contribution in [0.2, 0.25) is 0 Å². The summed E-state index contributed by atoms with van der Waals surface area (Å²) in [4.78, 5) is 50.0. The highest BCUT2D eigenvalue weighted by Gasteiger charge is 2.37. The van der Waals surface area contributed by atoms with Crippen LogP contribution in [0.15, 0.2) is 0 Å². The van der Waals surface area contributed by atoms with Crippen LogP contribution in [0.4, 0.5) is 13.2 Å². The Bertz CT molecular complexity index is 732. The minimum absolute atomic E-state index is 0.167. The second-order valence-electron chi connectivity index (χ2n) is 9.60. The van der Waals surface area contributed by atoms with Gasteiger partial charge >= 0.3 is 6.36 Å². The molecule has 0 bridgehead atoms. The van der Waals surface area contributed by atoms with Gasteiger partial charge in [0.25, 0.3) is 0 Å². The minimum atomic E-state index is -5.01. The van der Waals surface area contributed by atoms with E-state index in [0.717, 1.165) is 0 Å². The van der Waals surface area contributed by atoms with E-state index in [1.54, 1.807) is 0 Å². The highest BCUT2D eigenvalue weighted by Crippen LogP contribution is 2.23. The molecule has 0 aliphatic carbocycles. The van der Waals surface area contributed by atoms with Gasteiger partial charge in [0.1, 0.15) is 18.8 Å². The van der Waals surface area contributed by atoms with Crippen molar-refractivity contribution in [2.24, 2.45) is 11.3 Å². The third-order valence-electron chi connectivity index (χ3n) is 5.44. The number of ketones is 1. The van der Waals surface area contributed by atoms with Crippen molar-refractivity contribution in [1.82, 2.24) is 16.0 Å². The van der Waals surface area contributed by atoms with Gasteiger partial charge in [0, 0.05) is 19.1 Å². The first-order valence-corrected chi connectivity index (χ1v) is 11.0. The molecule has 2 aliphatic heterocycles. The third-order valence-corrected chi connectivity index (χ3v) is 5.44. The zero-order chi connectivity index (χ0) is 24.8. The molecular formula is C21H32F3N3O6. The molecule has 3 N–H and O–H groups in total. The number of rotatable bonds is 10. The number of hydrogen-bond acceptors (Lipinski definition) is 6. The Balaban J connectivity index is 2.13. The molecule has 0 radical (unpaired) electrons. The smallest absolute Gasteiger partial charge is 0.368 e. The zero-order valence-corrected chi connectivity index (χ0v) is 19.0. The minimum Gasteiger partial charge on any atom is -0.368 e. The van der Waals surface area contributed by atoms with Gasteiger partial charge in [-0.2, -0.15) is 0 Å². The highest BCUT2D eigenvalue weighted by atomic mass is 19.4. The van der Waals surface area contributed by atoms with Gasteiger partial charge in [-0.15, -0.1) is 13.2 Å².